The van der Waals surface area contributed by atoms with Gasteiger partial charge in [0.05, 0.1) is 18.8 Å². The summed E-state index contributed by atoms with van der Waals surface area (Å²) in [5.41, 5.74) is 2.22. The van der Waals surface area contributed by atoms with Crippen molar-refractivity contribution < 1.29 is 28.3 Å². The van der Waals surface area contributed by atoms with Crippen LogP contribution in [0.5, 0.6) is 0 Å². The fraction of sp³-hybridized carbons (Fsp3) is 0.435. The normalized spacial score (nSPS) is 17.8. The number of carbonyl (C=O) groups excluding carboxylic acids is 3. The zero-order chi connectivity index (χ0) is 22.7. The Bertz CT molecular complexity index is 980. The molecule has 1 N–H and O–H groups in total. The zero-order valence-corrected chi connectivity index (χ0v) is 18.4. The molecule has 8 nitrogen and oxygen atoms in total. The average Bonchev–Trinajstić information content (AvgIpc) is 3.17. The SMILES string of the molecule is CCOC(=O)c1ccc(-c2ccc3c(c2)[C@H](NC(=O)OC(C)C)C[C@H](C)N3C(C)=O)o1. The molecule has 2 atom stereocenters. The predicted octanol–water partition coefficient (Wildman–Crippen LogP) is 4.44. The number of fused-ring (bicyclic) bond motifs is 1. The van der Waals surface area contributed by atoms with Crippen molar-refractivity contribution in [3.8, 4) is 11.3 Å². The minimum Gasteiger partial charge on any atom is -0.460 e. The summed E-state index contributed by atoms with van der Waals surface area (Å²) in [7, 11) is 0. The smallest absolute Gasteiger partial charge is 0.407 e. The number of esters is 1. The van der Waals surface area contributed by atoms with Gasteiger partial charge in [-0.2, -0.15) is 0 Å². The molecule has 0 radical (unpaired) electrons. The maximum atomic E-state index is 12.3. The summed E-state index contributed by atoms with van der Waals surface area (Å²) in [6, 6.07) is 8.33. The first-order valence-corrected chi connectivity index (χ1v) is 10.4. The molecule has 0 saturated heterocycles. The average molecular weight is 428 g/mol. The first-order chi connectivity index (χ1) is 14.7. The molecule has 0 aliphatic carbocycles. The molecule has 1 aliphatic rings. The first kappa shape index (κ1) is 22.4. The number of benzene rings is 1. The number of furan rings is 1. The van der Waals surface area contributed by atoms with Gasteiger partial charge in [-0.1, -0.05) is 0 Å². The standard InChI is InChI=1S/C23H28N2O6/c1-6-29-22(27)21-10-9-20(31-21)16-7-8-19-17(12-16)18(24-23(28)30-13(2)3)11-14(4)25(19)15(5)26/h7-10,12-14,18H,6,11H2,1-5H3,(H,24,28)/t14-,18+/m0/s1. The van der Waals surface area contributed by atoms with E-state index in [2.05, 4.69) is 5.32 Å². The Balaban J connectivity index is 1.98. The van der Waals surface area contributed by atoms with E-state index in [9.17, 15) is 14.4 Å². The van der Waals surface area contributed by atoms with Crippen molar-refractivity contribution in [2.75, 3.05) is 11.5 Å². The van der Waals surface area contributed by atoms with Gasteiger partial charge in [-0.05, 0) is 70.0 Å². The van der Waals surface area contributed by atoms with Crippen LogP contribution in [-0.2, 0) is 14.3 Å². The largest absolute Gasteiger partial charge is 0.460 e. The lowest BCUT2D eigenvalue weighted by atomic mass is 9.90. The molecule has 1 aliphatic heterocycles. The van der Waals surface area contributed by atoms with E-state index in [4.69, 9.17) is 13.9 Å². The molecule has 0 saturated carbocycles. The number of anilines is 1. The molecule has 2 aromatic rings. The van der Waals surface area contributed by atoms with Crippen LogP contribution in [0.3, 0.4) is 0 Å². The van der Waals surface area contributed by atoms with Gasteiger partial charge in [0.25, 0.3) is 0 Å². The van der Waals surface area contributed by atoms with Crippen molar-refractivity contribution >= 4 is 23.7 Å². The molecule has 0 fully saturated rings. The van der Waals surface area contributed by atoms with Crippen molar-refractivity contribution in [2.24, 2.45) is 0 Å². The number of alkyl carbamates (subject to hydrolysis) is 1. The van der Waals surface area contributed by atoms with Crippen molar-refractivity contribution in [1.82, 2.24) is 5.32 Å². The zero-order valence-electron chi connectivity index (χ0n) is 18.4. The lowest BCUT2D eigenvalue weighted by Crippen LogP contribution is -2.45. The van der Waals surface area contributed by atoms with E-state index in [0.717, 1.165) is 16.8 Å². The van der Waals surface area contributed by atoms with Crippen LogP contribution in [0.4, 0.5) is 10.5 Å². The molecule has 0 spiro atoms. The van der Waals surface area contributed by atoms with Gasteiger partial charge in [-0.3, -0.25) is 4.79 Å². The first-order valence-electron chi connectivity index (χ1n) is 10.4. The van der Waals surface area contributed by atoms with Crippen molar-refractivity contribution in [2.45, 2.75) is 59.2 Å². The van der Waals surface area contributed by atoms with E-state index < -0.39 is 12.1 Å². The van der Waals surface area contributed by atoms with Gasteiger partial charge in [0.2, 0.25) is 11.7 Å². The molecule has 0 bridgehead atoms. The van der Waals surface area contributed by atoms with E-state index in [1.54, 1.807) is 37.8 Å². The maximum absolute atomic E-state index is 12.3. The van der Waals surface area contributed by atoms with Crippen LogP contribution < -0.4 is 10.2 Å². The Morgan fingerprint density at radius 1 is 1.23 bits per heavy atom. The van der Waals surface area contributed by atoms with Crippen LogP contribution in [0.15, 0.2) is 34.7 Å². The molecule has 0 unspecified atom stereocenters. The lowest BCUT2D eigenvalue weighted by molar-refractivity contribution is -0.117. The molecule has 3 rings (SSSR count). The Labute approximate surface area is 181 Å². The van der Waals surface area contributed by atoms with Crippen LogP contribution in [0.2, 0.25) is 0 Å². The van der Waals surface area contributed by atoms with E-state index in [1.807, 2.05) is 25.1 Å². The highest BCUT2D eigenvalue weighted by atomic mass is 16.6. The Morgan fingerprint density at radius 3 is 2.61 bits per heavy atom. The summed E-state index contributed by atoms with van der Waals surface area (Å²) < 4.78 is 15.9. The number of amides is 2. The number of ether oxygens (including phenoxy) is 2. The van der Waals surface area contributed by atoms with Crippen molar-refractivity contribution in [3.63, 3.8) is 0 Å². The summed E-state index contributed by atoms with van der Waals surface area (Å²) in [6.07, 6.45) is -0.220. The Hall–Kier alpha value is -3.29. The number of nitrogens with zero attached hydrogens (tertiary/aromatic N) is 1. The molecule has 2 heterocycles. The van der Waals surface area contributed by atoms with Gasteiger partial charge >= 0.3 is 12.1 Å². The Morgan fingerprint density at radius 2 is 1.97 bits per heavy atom. The Kier molecular flexibility index (Phi) is 6.68. The lowest BCUT2D eigenvalue weighted by Gasteiger charge is -2.39. The minimum absolute atomic E-state index is 0.0766. The molecule has 1 aromatic carbocycles. The fourth-order valence-corrected chi connectivity index (χ4v) is 3.83. The number of hydrogen-bond donors (Lipinski definition) is 1. The molecular formula is C23H28N2O6. The second kappa shape index (κ2) is 9.24. The van der Waals surface area contributed by atoms with Gasteiger partial charge in [-0.15, -0.1) is 0 Å². The van der Waals surface area contributed by atoms with Gasteiger partial charge < -0.3 is 24.1 Å². The van der Waals surface area contributed by atoms with Crippen molar-refractivity contribution in [1.29, 1.82) is 0 Å². The van der Waals surface area contributed by atoms with Gasteiger partial charge in [-0.25, -0.2) is 9.59 Å². The highest BCUT2D eigenvalue weighted by Crippen LogP contribution is 2.40. The summed E-state index contributed by atoms with van der Waals surface area (Å²) in [6.45, 7) is 9.01. The van der Waals surface area contributed by atoms with E-state index in [0.29, 0.717) is 12.2 Å². The second-order valence-corrected chi connectivity index (χ2v) is 7.78. The summed E-state index contributed by atoms with van der Waals surface area (Å²) in [5, 5.41) is 2.91. The summed E-state index contributed by atoms with van der Waals surface area (Å²) in [5.74, 6) is -0.00216. The van der Waals surface area contributed by atoms with Gasteiger partial charge in [0.1, 0.15) is 5.76 Å². The number of hydrogen-bond acceptors (Lipinski definition) is 6. The number of rotatable bonds is 5. The summed E-state index contributed by atoms with van der Waals surface area (Å²) in [4.78, 5) is 38.2. The van der Waals surface area contributed by atoms with Gasteiger partial charge in [0, 0.05) is 24.2 Å². The number of carbonyl (C=O) groups is 3. The molecular weight excluding hydrogens is 400 g/mol. The third-order valence-corrected chi connectivity index (χ3v) is 5.02. The number of nitrogens with one attached hydrogen (secondary N) is 1. The van der Waals surface area contributed by atoms with E-state index in [-0.39, 0.29) is 36.5 Å². The van der Waals surface area contributed by atoms with Crippen LogP contribution in [0, 0.1) is 0 Å². The molecule has 1 aromatic heterocycles. The van der Waals surface area contributed by atoms with E-state index in [1.165, 1.54) is 6.92 Å². The third kappa shape index (κ3) is 4.90. The van der Waals surface area contributed by atoms with Gasteiger partial charge in [0.15, 0.2) is 0 Å². The highest BCUT2D eigenvalue weighted by molar-refractivity contribution is 5.94. The topological polar surface area (TPSA) is 98.1 Å². The third-order valence-electron chi connectivity index (χ3n) is 5.02. The molecule has 8 heteroatoms. The van der Waals surface area contributed by atoms with E-state index >= 15 is 0 Å². The van der Waals surface area contributed by atoms with Crippen molar-refractivity contribution in [3.05, 3.63) is 41.7 Å². The molecule has 166 valence electrons. The molecule has 31 heavy (non-hydrogen) atoms. The van der Waals surface area contributed by atoms with Crippen LogP contribution in [0.25, 0.3) is 11.3 Å². The predicted molar refractivity (Wildman–Crippen MR) is 115 cm³/mol. The quantitative estimate of drug-likeness (QED) is 0.707. The molecule has 2 amide bonds. The summed E-state index contributed by atoms with van der Waals surface area (Å²) >= 11 is 0. The monoisotopic (exact) mass is 428 g/mol. The maximum Gasteiger partial charge on any atom is 0.407 e. The van der Waals surface area contributed by atoms with Crippen LogP contribution >= 0.6 is 0 Å². The minimum atomic E-state index is -0.528. The van der Waals surface area contributed by atoms with Crippen LogP contribution in [0.1, 0.15) is 63.2 Å². The second-order valence-electron chi connectivity index (χ2n) is 7.78. The van der Waals surface area contributed by atoms with Crippen LogP contribution in [-0.4, -0.2) is 36.7 Å². The fourth-order valence-electron chi connectivity index (χ4n) is 3.83. The highest BCUT2D eigenvalue weighted by Gasteiger charge is 2.34.